The quantitative estimate of drug-likeness (QED) is 0.450. The lowest BCUT2D eigenvalue weighted by molar-refractivity contribution is -0.141. The first-order valence-corrected chi connectivity index (χ1v) is 12.9. The van der Waals surface area contributed by atoms with E-state index in [1.54, 1.807) is 18.9 Å². The van der Waals surface area contributed by atoms with E-state index in [9.17, 15) is 14.4 Å². The molecule has 4 atom stereocenters. The molecule has 3 amide bonds. The van der Waals surface area contributed by atoms with Crippen molar-refractivity contribution in [3.63, 3.8) is 0 Å². The predicted octanol–water partition coefficient (Wildman–Crippen LogP) is 2.55. The van der Waals surface area contributed by atoms with Crippen LogP contribution in [0.3, 0.4) is 0 Å². The van der Waals surface area contributed by atoms with Gasteiger partial charge in [-0.15, -0.1) is 0 Å². The zero-order valence-electron chi connectivity index (χ0n) is 21.9. The van der Waals surface area contributed by atoms with Crippen molar-refractivity contribution in [2.45, 2.75) is 58.2 Å². The minimum Gasteiger partial charge on any atom is -0.354 e. The van der Waals surface area contributed by atoms with Gasteiger partial charge in [0.1, 0.15) is 12.1 Å². The van der Waals surface area contributed by atoms with Crippen molar-refractivity contribution in [3.8, 4) is 0 Å². The van der Waals surface area contributed by atoms with Crippen LogP contribution >= 0.6 is 0 Å². The molecule has 2 aromatic rings. The molecule has 7 heteroatoms. The number of likely N-dealkylation sites (N-methyl/N-ethyl adjacent to an activating group) is 1. The van der Waals surface area contributed by atoms with E-state index in [2.05, 4.69) is 29.8 Å². The number of hydrogen-bond donors (Lipinski definition) is 3. The molecule has 0 bridgehead atoms. The Morgan fingerprint density at radius 1 is 0.944 bits per heavy atom. The number of carbonyl (C=O) groups excluding carboxylic acids is 3. The number of likely N-dealkylation sites (tertiary alicyclic amines) is 1. The van der Waals surface area contributed by atoms with Crippen LogP contribution in [-0.4, -0.2) is 60.9 Å². The molecule has 7 nitrogen and oxygen atoms in total. The van der Waals surface area contributed by atoms with Gasteiger partial charge in [-0.2, -0.15) is 0 Å². The van der Waals surface area contributed by atoms with Gasteiger partial charge in [0, 0.05) is 19.5 Å². The molecule has 0 spiro atoms. The molecule has 3 N–H and O–H groups in total. The van der Waals surface area contributed by atoms with Gasteiger partial charge in [0.15, 0.2) is 0 Å². The van der Waals surface area contributed by atoms with Crippen LogP contribution in [-0.2, 0) is 27.2 Å². The van der Waals surface area contributed by atoms with Crippen LogP contribution in [0.1, 0.15) is 38.3 Å². The molecular formula is C29H40N4O3. The Hall–Kier alpha value is -3.19. The molecule has 0 radical (unpaired) electrons. The second-order valence-corrected chi connectivity index (χ2v) is 10.0. The molecule has 194 valence electrons. The number of rotatable bonds is 11. The summed E-state index contributed by atoms with van der Waals surface area (Å²) in [5, 5.41) is 8.91. The minimum atomic E-state index is -0.749. The lowest BCUT2D eigenvalue weighted by Gasteiger charge is -2.29. The summed E-state index contributed by atoms with van der Waals surface area (Å²) in [6.45, 7) is 7.03. The Bertz CT molecular complexity index is 996. The average molecular weight is 493 g/mol. The topological polar surface area (TPSA) is 90.5 Å². The zero-order valence-corrected chi connectivity index (χ0v) is 21.9. The average Bonchev–Trinajstić information content (AvgIpc) is 3.34. The van der Waals surface area contributed by atoms with Crippen molar-refractivity contribution in [2.24, 2.45) is 11.8 Å². The molecule has 0 aromatic heterocycles. The van der Waals surface area contributed by atoms with E-state index in [0.717, 1.165) is 17.5 Å². The van der Waals surface area contributed by atoms with E-state index in [-0.39, 0.29) is 23.6 Å². The van der Waals surface area contributed by atoms with Gasteiger partial charge in [0.2, 0.25) is 17.7 Å². The fourth-order valence-corrected chi connectivity index (χ4v) is 4.61. The summed E-state index contributed by atoms with van der Waals surface area (Å²) in [4.78, 5) is 41.6. The molecule has 1 fully saturated rings. The monoisotopic (exact) mass is 492 g/mol. The van der Waals surface area contributed by atoms with Crippen molar-refractivity contribution in [3.05, 3.63) is 71.8 Å². The van der Waals surface area contributed by atoms with Crippen LogP contribution < -0.4 is 16.0 Å². The lowest BCUT2D eigenvalue weighted by atomic mass is 9.93. The first-order chi connectivity index (χ1) is 17.3. The Morgan fingerprint density at radius 3 is 2.14 bits per heavy atom. The van der Waals surface area contributed by atoms with E-state index < -0.39 is 18.1 Å². The summed E-state index contributed by atoms with van der Waals surface area (Å²) in [5.41, 5.74) is 2.11. The summed E-state index contributed by atoms with van der Waals surface area (Å²) in [5.74, 6) is -0.00930. The van der Waals surface area contributed by atoms with Crippen LogP contribution in [0.4, 0.5) is 0 Å². The Kier molecular flexibility index (Phi) is 10.1. The lowest BCUT2D eigenvalue weighted by Crippen LogP contribution is -2.56. The highest BCUT2D eigenvalue weighted by Crippen LogP contribution is 2.30. The summed E-state index contributed by atoms with van der Waals surface area (Å²) in [6, 6.07) is 17.9. The van der Waals surface area contributed by atoms with Crippen molar-refractivity contribution >= 4 is 17.7 Å². The first kappa shape index (κ1) is 27.4. The van der Waals surface area contributed by atoms with Gasteiger partial charge >= 0.3 is 0 Å². The Balaban J connectivity index is 1.76. The summed E-state index contributed by atoms with van der Waals surface area (Å²) >= 11 is 0. The van der Waals surface area contributed by atoms with Crippen LogP contribution in [0, 0.1) is 11.8 Å². The van der Waals surface area contributed by atoms with Crippen molar-refractivity contribution < 1.29 is 14.4 Å². The van der Waals surface area contributed by atoms with E-state index in [0.29, 0.717) is 31.8 Å². The smallest absolute Gasteiger partial charge is 0.246 e. The Morgan fingerprint density at radius 2 is 1.56 bits per heavy atom. The molecule has 36 heavy (non-hydrogen) atoms. The molecule has 1 saturated heterocycles. The van der Waals surface area contributed by atoms with Crippen LogP contribution in [0.15, 0.2) is 60.7 Å². The summed E-state index contributed by atoms with van der Waals surface area (Å²) < 4.78 is 0. The molecule has 0 saturated carbocycles. The third-order valence-corrected chi connectivity index (χ3v) is 7.14. The number of amides is 3. The van der Waals surface area contributed by atoms with Gasteiger partial charge in [-0.25, -0.2) is 0 Å². The van der Waals surface area contributed by atoms with Crippen LogP contribution in [0.5, 0.6) is 0 Å². The maximum absolute atomic E-state index is 13.9. The SMILES string of the molecule is CN[C@@H](C)C(=O)N[C@@H](Cc1ccccc1)C(=O)N1C[C@@H](C(C)C)C[C@H]1C(=O)NCCc1ccccc1. The van der Waals surface area contributed by atoms with Gasteiger partial charge in [0.05, 0.1) is 6.04 Å². The third kappa shape index (κ3) is 7.40. The molecule has 2 aromatic carbocycles. The number of hydrogen-bond acceptors (Lipinski definition) is 4. The van der Waals surface area contributed by atoms with Crippen LogP contribution in [0.2, 0.25) is 0 Å². The van der Waals surface area contributed by atoms with E-state index in [1.807, 2.05) is 60.7 Å². The molecule has 1 aliphatic rings. The maximum atomic E-state index is 13.9. The highest BCUT2D eigenvalue weighted by atomic mass is 16.2. The molecular weight excluding hydrogens is 452 g/mol. The van der Waals surface area contributed by atoms with Gasteiger partial charge in [0.25, 0.3) is 0 Å². The van der Waals surface area contributed by atoms with E-state index in [1.165, 1.54) is 0 Å². The van der Waals surface area contributed by atoms with Crippen molar-refractivity contribution in [1.29, 1.82) is 0 Å². The Labute approximate surface area is 215 Å². The van der Waals surface area contributed by atoms with Crippen molar-refractivity contribution in [2.75, 3.05) is 20.1 Å². The molecule has 3 rings (SSSR count). The second kappa shape index (κ2) is 13.2. The highest BCUT2D eigenvalue weighted by molar-refractivity contribution is 5.93. The van der Waals surface area contributed by atoms with Crippen LogP contribution in [0.25, 0.3) is 0 Å². The normalized spacial score (nSPS) is 19.1. The van der Waals surface area contributed by atoms with Gasteiger partial charge < -0.3 is 20.9 Å². The van der Waals surface area contributed by atoms with Gasteiger partial charge in [-0.05, 0) is 49.8 Å². The minimum absolute atomic E-state index is 0.129. The number of nitrogens with zero attached hydrogens (tertiary/aromatic N) is 1. The summed E-state index contributed by atoms with van der Waals surface area (Å²) in [7, 11) is 1.71. The summed E-state index contributed by atoms with van der Waals surface area (Å²) in [6.07, 6.45) is 1.72. The largest absolute Gasteiger partial charge is 0.354 e. The van der Waals surface area contributed by atoms with Gasteiger partial charge in [-0.3, -0.25) is 14.4 Å². The third-order valence-electron chi connectivity index (χ3n) is 7.14. The zero-order chi connectivity index (χ0) is 26.1. The van der Waals surface area contributed by atoms with Crippen molar-refractivity contribution in [1.82, 2.24) is 20.9 Å². The standard InChI is InChI=1S/C29H40N4O3/c1-20(2)24-18-26(28(35)31-16-15-22-11-7-5-8-12-22)33(19-24)29(36)25(32-27(34)21(3)30-4)17-23-13-9-6-10-14-23/h5-14,20-21,24-26,30H,15-19H2,1-4H3,(H,31,35)(H,32,34)/t21-,24-,25-,26-/m0/s1. The first-order valence-electron chi connectivity index (χ1n) is 12.9. The van der Waals surface area contributed by atoms with Gasteiger partial charge in [-0.1, -0.05) is 74.5 Å². The maximum Gasteiger partial charge on any atom is 0.246 e. The molecule has 1 heterocycles. The van der Waals surface area contributed by atoms with E-state index >= 15 is 0 Å². The number of benzene rings is 2. The molecule has 1 aliphatic heterocycles. The fraction of sp³-hybridized carbons (Fsp3) is 0.483. The van der Waals surface area contributed by atoms with E-state index in [4.69, 9.17) is 0 Å². The molecule has 0 unspecified atom stereocenters. The fourth-order valence-electron chi connectivity index (χ4n) is 4.61. The number of carbonyl (C=O) groups is 3. The molecule has 0 aliphatic carbocycles. The second-order valence-electron chi connectivity index (χ2n) is 10.0. The predicted molar refractivity (Wildman–Crippen MR) is 142 cm³/mol. The highest BCUT2D eigenvalue weighted by Gasteiger charge is 2.42. The number of nitrogens with one attached hydrogen (secondary N) is 3.